The second-order valence-electron chi connectivity index (χ2n) is 4.52. The predicted octanol–water partition coefficient (Wildman–Crippen LogP) is 4.70. The molecule has 2 aromatic rings. The van der Waals surface area contributed by atoms with Crippen LogP contribution in [0.15, 0.2) is 40.9 Å². The standard InChI is InChI=1S/C16H15BrClNO2/c1-2-8-21-14-7-6-10(9-12(14)17)16(20)11-4-3-5-13(18)15(11)19/h3-7,9H,2,8,19H2,1H3. The average molecular weight is 369 g/mol. The maximum Gasteiger partial charge on any atom is 0.195 e. The highest BCUT2D eigenvalue weighted by atomic mass is 79.9. The molecule has 2 rings (SSSR count). The summed E-state index contributed by atoms with van der Waals surface area (Å²) in [6.07, 6.45) is 0.923. The molecule has 0 fully saturated rings. The molecule has 3 nitrogen and oxygen atoms in total. The first-order valence-corrected chi connectivity index (χ1v) is 7.72. The van der Waals surface area contributed by atoms with Crippen LogP contribution in [0.5, 0.6) is 5.75 Å². The third-order valence-electron chi connectivity index (χ3n) is 2.95. The maximum atomic E-state index is 12.5. The molecule has 0 unspecified atom stereocenters. The highest BCUT2D eigenvalue weighted by Crippen LogP contribution is 2.29. The minimum atomic E-state index is -0.169. The van der Waals surface area contributed by atoms with Gasteiger partial charge in [0.2, 0.25) is 0 Å². The molecular weight excluding hydrogens is 354 g/mol. The monoisotopic (exact) mass is 367 g/mol. The summed E-state index contributed by atoms with van der Waals surface area (Å²) in [5.41, 5.74) is 7.09. The fourth-order valence-corrected chi connectivity index (χ4v) is 2.53. The van der Waals surface area contributed by atoms with Crippen molar-refractivity contribution in [1.82, 2.24) is 0 Å². The number of nitrogens with two attached hydrogens (primary N) is 1. The van der Waals surface area contributed by atoms with E-state index in [-0.39, 0.29) is 5.78 Å². The Balaban J connectivity index is 2.32. The van der Waals surface area contributed by atoms with E-state index in [0.717, 1.165) is 10.9 Å². The predicted molar refractivity (Wildman–Crippen MR) is 89.2 cm³/mol. The molecule has 0 radical (unpaired) electrons. The summed E-state index contributed by atoms with van der Waals surface area (Å²) >= 11 is 9.37. The summed E-state index contributed by atoms with van der Waals surface area (Å²) in [7, 11) is 0. The van der Waals surface area contributed by atoms with Crippen LogP contribution < -0.4 is 10.5 Å². The highest BCUT2D eigenvalue weighted by molar-refractivity contribution is 9.10. The van der Waals surface area contributed by atoms with Crippen LogP contribution >= 0.6 is 27.5 Å². The quantitative estimate of drug-likeness (QED) is 0.614. The van der Waals surface area contributed by atoms with Gasteiger partial charge in [0.1, 0.15) is 5.75 Å². The van der Waals surface area contributed by atoms with E-state index in [2.05, 4.69) is 15.9 Å². The maximum absolute atomic E-state index is 12.5. The molecule has 0 saturated carbocycles. The highest BCUT2D eigenvalue weighted by Gasteiger charge is 2.15. The van der Waals surface area contributed by atoms with E-state index in [0.29, 0.717) is 34.2 Å². The zero-order valence-corrected chi connectivity index (χ0v) is 13.9. The number of nitrogen functional groups attached to an aromatic ring is 1. The molecule has 0 aromatic heterocycles. The van der Waals surface area contributed by atoms with Crippen molar-refractivity contribution in [3.8, 4) is 5.75 Å². The van der Waals surface area contributed by atoms with E-state index in [1.807, 2.05) is 6.92 Å². The van der Waals surface area contributed by atoms with Crippen molar-refractivity contribution >= 4 is 39.0 Å². The number of rotatable bonds is 5. The Kier molecular flexibility index (Phi) is 5.26. The first kappa shape index (κ1) is 15.9. The van der Waals surface area contributed by atoms with Gasteiger partial charge in [-0.1, -0.05) is 24.6 Å². The first-order valence-electron chi connectivity index (χ1n) is 6.55. The van der Waals surface area contributed by atoms with Crippen molar-refractivity contribution in [3.63, 3.8) is 0 Å². The Hall–Kier alpha value is -1.52. The van der Waals surface area contributed by atoms with Crippen LogP contribution in [0.1, 0.15) is 29.3 Å². The molecule has 5 heteroatoms. The van der Waals surface area contributed by atoms with Crippen molar-refractivity contribution in [2.45, 2.75) is 13.3 Å². The van der Waals surface area contributed by atoms with Gasteiger partial charge in [0, 0.05) is 11.1 Å². The smallest absolute Gasteiger partial charge is 0.195 e. The third kappa shape index (κ3) is 3.57. The van der Waals surface area contributed by atoms with Crippen molar-refractivity contribution in [1.29, 1.82) is 0 Å². The molecule has 0 bridgehead atoms. The SMILES string of the molecule is CCCOc1ccc(C(=O)c2cccc(Cl)c2N)cc1Br. The van der Waals surface area contributed by atoms with Gasteiger partial charge in [0.05, 0.1) is 21.8 Å². The van der Waals surface area contributed by atoms with Gasteiger partial charge in [0.15, 0.2) is 5.78 Å². The van der Waals surface area contributed by atoms with Crippen LogP contribution in [0.3, 0.4) is 0 Å². The van der Waals surface area contributed by atoms with Crippen LogP contribution in [0.25, 0.3) is 0 Å². The van der Waals surface area contributed by atoms with E-state index in [4.69, 9.17) is 22.1 Å². The molecule has 21 heavy (non-hydrogen) atoms. The van der Waals surface area contributed by atoms with E-state index in [1.54, 1.807) is 36.4 Å². The number of anilines is 1. The number of carbonyl (C=O) groups excluding carboxylic acids is 1. The Labute approximate surface area is 137 Å². The van der Waals surface area contributed by atoms with Gasteiger partial charge >= 0.3 is 0 Å². The Morgan fingerprint density at radius 2 is 2.10 bits per heavy atom. The molecule has 0 aliphatic heterocycles. The lowest BCUT2D eigenvalue weighted by Gasteiger charge is -2.10. The molecule has 0 heterocycles. The topological polar surface area (TPSA) is 52.3 Å². The molecule has 0 atom stereocenters. The van der Waals surface area contributed by atoms with Gasteiger partial charge < -0.3 is 10.5 Å². The number of benzene rings is 2. The number of ketones is 1. The summed E-state index contributed by atoms with van der Waals surface area (Å²) < 4.78 is 6.30. The van der Waals surface area contributed by atoms with E-state index < -0.39 is 0 Å². The molecule has 2 aromatic carbocycles. The summed E-state index contributed by atoms with van der Waals surface area (Å²) in [4.78, 5) is 12.5. The van der Waals surface area contributed by atoms with Crippen LogP contribution in [0.4, 0.5) is 5.69 Å². The minimum Gasteiger partial charge on any atom is -0.492 e. The summed E-state index contributed by atoms with van der Waals surface area (Å²) in [6.45, 7) is 2.67. The van der Waals surface area contributed by atoms with Crippen LogP contribution in [-0.2, 0) is 0 Å². The Morgan fingerprint density at radius 1 is 1.33 bits per heavy atom. The summed E-state index contributed by atoms with van der Waals surface area (Å²) in [5.74, 6) is 0.546. The average Bonchev–Trinajstić information content (AvgIpc) is 2.48. The molecule has 0 aliphatic carbocycles. The van der Waals surface area contributed by atoms with Gasteiger partial charge in [-0.05, 0) is 52.7 Å². The Bertz CT molecular complexity index is 673. The van der Waals surface area contributed by atoms with E-state index in [1.165, 1.54) is 0 Å². The fourth-order valence-electron chi connectivity index (χ4n) is 1.86. The van der Waals surface area contributed by atoms with E-state index >= 15 is 0 Å². The molecule has 0 aliphatic rings. The normalized spacial score (nSPS) is 10.4. The largest absolute Gasteiger partial charge is 0.492 e. The van der Waals surface area contributed by atoms with Gasteiger partial charge in [-0.2, -0.15) is 0 Å². The number of para-hydroxylation sites is 1. The van der Waals surface area contributed by atoms with Gasteiger partial charge in [-0.3, -0.25) is 4.79 Å². The van der Waals surface area contributed by atoms with Crippen LogP contribution in [0.2, 0.25) is 5.02 Å². The second-order valence-corrected chi connectivity index (χ2v) is 5.79. The molecule has 0 amide bonds. The Morgan fingerprint density at radius 3 is 2.76 bits per heavy atom. The van der Waals surface area contributed by atoms with Crippen molar-refractivity contribution in [2.75, 3.05) is 12.3 Å². The van der Waals surface area contributed by atoms with Crippen LogP contribution in [0, 0.1) is 0 Å². The molecule has 2 N–H and O–H groups in total. The number of hydrogen-bond acceptors (Lipinski definition) is 3. The lowest BCUT2D eigenvalue weighted by Crippen LogP contribution is -2.06. The number of halogens is 2. The number of ether oxygens (including phenoxy) is 1. The second kappa shape index (κ2) is 6.96. The first-order chi connectivity index (χ1) is 10.0. The van der Waals surface area contributed by atoms with Gasteiger partial charge in [-0.15, -0.1) is 0 Å². The molecule has 110 valence electrons. The molecule has 0 saturated heterocycles. The van der Waals surface area contributed by atoms with Crippen LogP contribution in [-0.4, -0.2) is 12.4 Å². The third-order valence-corrected chi connectivity index (χ3v) is 3.90. The lowest BCUT2D eigenvalue weighted by molar-refractivity contribution is 0.103. The zero-order valence-electron chi connectivity index (χ0n) is 11.5. The number of carbonyl (C=O) groups is 1. The summed E-state index contributed by atoms with van der Waals surface area (Å²) in [5, 5.41) is 0.378. The number of hydrogen-bond donors (Lipinski definition) is 1. The lowest BCUT2D eigenvalue weighted by atomic mass is 10.0. The van der Waals surface area contributed by atoms with Crippen molar-refractivity contribution < 1.29 is 9.53 Å². The zero-order chi connectivity index (χ0) is 15.4. The molecular formula is C16H15BrClNO2. The van der Waals surface area contributed by atoms with E-state index in [9.17, 15) is 4.79 Å². The van der Waals surface area contributed by atoms with Crippen molar-refractivity contribution in [3.05, 3.63) is 57.0 Å². The molecule has 0 spiro atoms. The van der Waals surface area contributed by atoms with Gasteiger partial charge in [0.25, 0.3) is 0 Å². The fraction of sp³-hybridized carbons (Fsp3) is 0.188. The van der Waals surface area contributed by atoms with Crippen molar-refractivity contribution in [2.24, 2.45) is 0 Å². The van der Waals surface area contributed by atoms with Gasteiger partial charge in [-0.25, -0.2) is 0 Å². The summed E-state index contributed by atoms with van der Waals surface area (Å²) in [6, 6.07) is 10.3. The minimum absolute atomic E-state index is 0.169.